The number of nitriles is 1. The third kappa shape index (κ3) is 1.54. The van der Waals surface area contributed by atoms with Gasteiger partial charge in [-0.15, -0.1) is 0 Å². The molecule has 0 fully saturated rings. The second-order valence-electron chi connectivity index (χ2n) is 2.14. The molecule has 0 aliphatic carbocycles. The molecule has 3 nitrogen and oxygen atoms in total. The smallest absolute Gasteiger partial charge is 0.268 e. The van der Waals surface area contributed by atoms with E-state index in [9.17, 15) is 13.2 Å². The standard InChI is InChI=1S/C7H3F3N2O/c8-6(9)4-3(1-11)2-12-7(10)5(4)13/h2,6,13H. The summed E-state index contributed by atoms with van der Waals surface area (Å²) in [6.45, 7) is 0. The van der Waals surface area contributed by atoms with Crippen molar-refractivity contribution in [2.45, 2.75) is 6.43 Å². The summed E-state index contributed by atoms with van der Waals surface area (Å²) in [4.78, 5) is 2.92. The predicted octanol–water partition coefficient (Wildman–Crippen LogP) is 1.74. The molecule has 68 valence electrons. The normalized spacial score (nSPS) is 10.1. The van der Waals surface area contributed by atoms with Crippen LogP contribution < -0.4 is 0 Å². The fourth-order valence-electron chi connectivity index (χ4n) is 0.801. The van der Waals surface area contributed by atoms with Gasteiger partial charge in [-0.2, -0.15) is 9.65 Å². The summed E-state index contributed by atoms with van der Waals surface area (Å²) < 4.78 is 36.8. The van der Waals surface area contributed by atoms with E-state index in [0.717, 1.165) is 0 Å². The van der Waals surface area contributed by atoms with E-state index in [-0.39, 0.29) is 0 Å². The van der Waals surface area contributed by atoms with Crippen LogP contribution in [0, 0.1) is 17.3 Å². The first-order chi connectivity index (χ1) is 6.07. The van der Waals surface area contributed by atoms with Gasteiger partial charge in [-0.05, 0) is 0 Å². The Hall–Kier alpha value is -1.77. The van der Waals surface area contributed by atoms with Crippen molar-refractivity contribution in [2.24, 2.45) is 0 Å². The van der Waals surface area contributed by atoms with E-state index in [4.69, 9.17) is 10.4 Å². The summed E-state index contributed by atoms with van der Waals surface area (Å²) in [5.74, 6) is -2.68. The number of hydrogen-bond donors (Lipinski definition) is 1. The van der Waals surface area contributed by atoms with Gasteiger partial charge in [0.05, 0.1) is 11.1 Å². The van der Waals surface area contributed by atoms with Gasteiger partial charge in [-0.3, -0.25) is 0 Å². The average molecular weight is 188 g/mol. The number of hydrogen-bond acceptors (Lipinski definition) is 3. The highest BCUT2D eigenvalue weighted by molar-refractivity contribution is 5.44. The number of alkyl halides is 2. The lowest BCUT2D eigenvalue weighted by Gasteiger charge is -2.04. The van der Waals surface area contributed by atoms with Gasteiger partial charge in [0.1, 0.15) is 6.07 Å². The SMILES string of the molecule is N#Cc1cnc(F)c(O)c1C(F)F. The topological polar surface area (TPSA) is 56.9 Å². The van der Waals surface area contributed by atoms with E-state index in [1.165, 1.54) is 6.07 Å². The van der Waals surface area contributed by atoms with Crippen LogP contribution in [0.4, 0.5) is 13.2 Å². The molecule has 1 heterocycles. The van der Waals surface area contributed by atoms with E-state index < -0.39 is 29.2 Å². The molecular weight excluding hydrogens is 185 g/mol. The summed E-state index contributed by atoms with van der Waals surface area (Å²) in [6, 6.07) is 1.38. The van der Waals surface area contributed by atoms with Crippen molar-refractivity contribution in [2.75, 3.05) is 0 Å². The molecule has 0 atom stereocenters. The summed E-state index contributed by atoms with van der Waals surface area (Å²) in [5.41, 5.74) is -1.55. The van der Waals surface area contributed by atoms with Crippen molar-refractivity contribution in [1.29, 1.82) is 5.26 Å². The number of halogens is 3. The van der Waals surface area contributed by atoms with E-state index in [1.54, 1.807) is 0 Å². The molecule has 0 aliphatic heterocycles. The van der Waals surface area contributed by atoms with Crippen LogP contribution in [-0.2, 0) is 0 Å². The number of aromatic hydroxyl groups is 1. The molecule has 0 aliphatic rings. The molecule has 0 aromatic carbocycles. The Morgan fingerprint density at radius 2 is 2.15 bits per heavy atom. The van der Waals surface area contributed by atoms with E-state index in [2.05, 4.69) is 4.98 Å². The third-order valence-corrected chi connectivity index (χ3v) is 1.39. The van der Waals surface area contributed by atoms with Crippen molar-refractivity contribution in [1.82, 2.24) is 4.98 Å². The maximum Gasteiger partial charge on any atom is 0.268 e. The lowest BCUT2D eigenvalue weighted by atomic mass is 10.1. The Morgan fingerprint density at radius 3 is 2.62 bits per heavy atom. The highest BCUT2D eigenvalue weighted by Gasteiger charge is 2.21. The van der Waals surface area contributed by atoms with Gasteiger partial charge in [0.2, 0.25) is 0 Å². The molecule has 1 N–H and O–H groups in total. The monoisotopic (exact) mass is 188 g/mol. The predicted molar refractivity (Wildman–Crippen MR) is 35.5 cm³/mol. The second-order valence-corrected chi connectivity index (χ2v) is 2.14. The Balaban J connectivity index is 3.43. The molecule has 0 spiro atoms. The summed E-state index contributed by atoms with van der Waals surface area (Å²) in [5, 5.41) is 17.1. The minimum Gasteiger partial charge on any atom is -0.503 e. The molecule has 0 radical (unpaired) electrons. The Morgan fingerprint density at radius 1 is 1.54 bits per heavy atom. The molecule has 1 aromatic heterocycles. The zero-order valence-corrected chi connectivity index (χ0v) is 6.13. The Labute approximate surface area is 71.1 Å². The van der Waals surface area contributed by atoms with Gasteiger partial charge < -0.3 is 5.11 Å². The fourth-order valence-corrected chi connectivity index (χ4v) is 0.801. The van der Waals surface area contributed by atoms with Crippen molar-refractivity contribution < 1.29 is 18.3 Å². The molecule has 6 heteroatoms. The number of rotatable bonds is 1. The van der Waals surface area contributed by atoms with Gasteiger partial charge in [0.25, 0.3) is 12.4 Å². The average Bonchev–Trinajstić information content (AvgIpc) is 2.08. The first-order valence-corrected chi connectivity index (χ1v) is 3.13. The van der Waals surface area contributed by atoms with Crippen LogP contribution in [0.25, 0.3) is 0 Å². The van der Waals surface area contributed by atoms with Crippen LogP contribution in [0.1, 0.15) is 17.6 Å². The molecule has 0 bridgehead atoms. The van der Waals surface area contributed by atoms with Crippen LogP contribution in [0.15, 0.2) is 6.20 Å². The maximum absolute atomic E-state index is 12.5. The molecular formula is C7H3F3N2O. The van der Waals surface area contributed by atoms with Crippen LogP contribution in [0.3, 0.4) is 0 Å². The minimum absolute atomic E-state index is 0.533. The van der Waals surface area contributed by atoms with E-state index in [0.29, 0.717) is 6.20 Å². The first-order valence-electron chi connectivity index (χ1n) is 3.13. The Kier molecular flexibility index (Phi) is 2.37. The summed E-state index contributed by atoms with van der Waals surface area (Å²) >= 11 is 0. The maximum atomic E-state index is 12.5. The van der Waals surface area contributed by atoms with Crippen LogP contribution >= 0.6 is 0 Å². The van der Waals surface area contributed by atoms with Gasteiger partial charge >= 0.3 is 0 Å². The van der Waals surface area contributed by atoms with Crippen LogP contribution in [0.2, 0.25) is 0 Å². The molecule has 0 saturated heterocycles. The Bertz CT molecular complexity index is 373. The highest BCUT2D eigenvalue weighted by Crippen LogP contribution is 2.31. The lowest BCUT2D eigenvalue weighted by Crippen LogP contribution is -1.96. The van der Waals surface area contributed by atoms with Crippen molar-refractivity contribution >= 4 is 0 Å². The third-order valence-electron chi connectivity index (χ3n) is 1.39. The van der Waals surface area contributed by atoms with Crippen LogP contribution in [-0.4, -0.2) is 10.1 Å². The number of pyridine rings is 1. The van der Waals surface area contributed by atoms with Gasteiger partial charge in [-0.25, -0.2) is 13.8 Å². The van der Waals surface area contributed by atoms with E-state index >= 15 is 0 Å². The number of aromatic nitrogens is 1. The van der Waals surface area contributed by atoms with E-state index in [1.807, 2.05) is 0 Å². The highest BCUT2D eigenvalue weighted by atomic mass is 19.3. The quantitative estimate of drug-likeness (QED) is 0.683. The zero-order valence-electron chi connectivity index (χ0n) is 6.13. The first kappa shape index (κ1) is 9.32. The molecule has 13 heavy (non-hydrogen) atoms. The molecule has 0 amide bonds. The van der Waals surface area contributed by atoms with Gasteiger partial charge in [-0.1, -0.05) is 0 Å². The van der Waals surface area contributed by atoms with Gasteiger partial charge in [0.15, 0.2) is 5.75 Å². The fraction of sp³-hybridized carbons (Fsp3) is 0.143. The molecule has 0 saturated carbocycles. The van der Waals surface area contributed by atoms with Crippen molar-refractivity contribution in [3.63, 3.8) is 0 Å². The van der Waals surface area contributed by atoms with Gasteiger partial charge in [0, 0.05) is 6.20 Å². The molecule has 1 aromatic rings. The summed E-state index contributed by atoms with van der Waals surface area (Å²) in [7, 11) is 0. The van der Waals surface area contributed by atoms with Crippen molar-refractivity contribution in [3.8, 4) is 11.8 Å². The molecule has 1 rings (SSSR count). The zero-order chi connectivity index (χ0) is 10.0. The van der Waals surface area contributed by atoms with Crippen LogP contribution in [0.5, 0.6) is 5.75 Å². The van der Waals surface area contributed by atoms with Crippen molar-refractivity contribution in [3.05, 3.63) is 23.3 Å². The largest absolute Gasteiger partial charge is 0.503 e. The second kappa shape index (κ2) is 3.31. The molecule has 0 unspecified atom stereocenters. The summed E-state index contributed by atoms with van der Waals surface area (Å²) in [6.07, 6.45) is -2.46. The number of nitrogens with zero attached hydrogens (tertiary/aromatic N) is 2. The minimum atomic E-state index is -3.10. The lowest BCUT2D eigenvalue weighted by molar-refractivity contribution is 0.145.